The summed E-state index contributed by atoms with van der Waals surface area (Å²) in [5.41, 5.74) is 4.72. The molecular formula is C25H24N6O. The Morgan fingerprint density at radius 3 is 2.50 bits per heavy atom. The summed E-state index contributed by atoms with van der Waals surface area (Å²) in [6.07, 6.45) is 7.54. The van der Waals surface area contributed by atoms with Crippen LogP contribution in [0.3, 0.4) is 0 Å². The number of hydrogen-bond acceptors (Lipinski definition) is 5. The first-order chi connectivity index (χ1) is 15.5. The maximum atomic E-state index is 13.0. The number of fused-ring (bicyclic) bond motifs is 1. The van der Waals surface area contributed by atoms with Gasteiger partial charge in [-0.15, -0.1) is 0 Å². The van der Waals surface area contributed by atoms with Gasteiger partial charge in [0.25, 0.3) is 0 Å². The van der Waals surface area contributed by atoms with E-state index in [0.717, 1.165) is 28.1 Å². The Labute approximate surface area is 186 Å². The number of hydrogen-bond donors (Lipinski definition) is 0. The summed E-state index contributed by atoms with van der Waals surface area (Å²) in [5, 5.41) is 4.27. The zero-order valence-electron chi connectivity index (χ0n) is 18.3. The van der Waals surface area contributed by atoms with Crippen LogP contribution in [0, 0.1) is 0 Å². The zero-order valence-corrected chi connectivity index (χ0v) is 18.3. The number of aromatic nitrogens is 5. The van der Waals surface area contributed by atoms with E-state index in [-0.39, 0.29) is 17.9 Å². The van der Waals surface area contributed by atoms with E-state index in [9.17, 15) is 4.79 Å². The number of nitrogens with zero attached hydrogens (tertiary/aromatic N) is 6. The zero-order chi connectivity index (χ0) is 22.2. The second-order valence-corrected chi connectivity index (χ2v) is 8.29. The molecule has 0 aliphatic carbocycles. The fraction of sp³-hybridized carbons (Fsp3) is 0.240. The van der Waals surface area contributed by atoms with Crippen molar-refractivity contribution in [3.63, 3.8) is 0 Å². The third-order valence-corrected chi connectivity index (χ3v) is 5.84. The van der Waals surface area contributed by atoms with E-state index in [1.165, 1.54) is 0 Å². The topological polar surface area (TPSA) is 76.8 Å². The SMILES string of the molecule is CC(C)c1ncccc1-c1ncc2c(n1)N([C@H](C)c1ccc(-n3cccn3)cc1)C(=O)C2. The Balaban J connectivity index is 1.50. The van der Waals surface area contributed by atoms with Gasteiger partial charge in [-0.05, 0) is 48.7 Å². The molecule has 4 aromatic rings. The average molecular weight is 425 g/mol. The lowest BCUT2D eigenvalue weighted by Crippen LogP contribution is -2.30. The summed E-state index contributed by atoms with van der Waals surface area (Å²) < 4.78 is 1.81. The first-order valence-electron chi connectivity index (χ1n) is 10.8. The van der Waals surface area contributed by atoms with Crippen molar-refractivity contribution < 1.29 is 4.79 Å². The summed E-state index contributed by atoms with van der Waals surface area (Å²) in [7, 11) is 0. The molecule has 32 heavy (non-hydrogen) atoms. The van der Waals surface area contributed by atoms with Crippen molar-refractivity contribution >= 4 is 11.7 Å². The highest BCUT2D eigenvalue weighted by Crippen LogP contribution is 2.36. The smallest absolute Gasteiger partial charge is 0.233 e. The quantitative estimate of drug-likeness (QED) is 0.471. The Morgan fingerprint density at radius 1 is 0.969 bits per heavy atom. The fourth-order valence-corrected chi connectivity index (χ4v) is 4.17. The van der Waals surface area contributed by atoms with Gasteiger partial charge in [0, 0.05) is 35.9 Å². The number of amides is 1. The fourth-order valence-electron chi connectivity index (χ4n) is 4.17. The van der Waals surface area contributed by atoms with Crippen LogP contribution in [0.4, 0.5) is 5.82 Å². The van der Waals surface area contributed by atoms with Crippen molar-refractivity contribution in [1.82, 2.24) is 24.7 Å². The summed E-state index contributed by atoms with van der Waals surface area (Å²) in [5.74, 6) is 1.56. The molecule has 3 aromatic heterocycles. The van der Waals surface area contributed by atoms with Gasteiger partial charge in [0.15, 0.2) is 5.82 Å². The highest BCUT2D eigenvalue weighted by molar-refractivity contribution is 6.01. The van der Waals surface area contributed by atoms with Gasteiger partial charge in [-0.1, -0.05) is 26.0 Å². The van der Waals surface area contributed by atoms with Crippen molar-refractivity contribution in [2.75, 3.05) is 4.90 Å². The standard InChI is InChI=1S/C25H24N6O/c1-16(2)23-21(6-4-11-26-23)24-27-15-19-14-22(32)31(25(19)29-24)17(3)18-7-9-20(10-8-18)30-13-5-12-28-30/h4-13,15-17H,14H2,1-3H3/t17-/m1/s1. The lowest BCUT2D eigenvalue weighted by Gasteiger charge is -2.25. The number of carbonyl (C=O) groups is 1. The number of anilines is 1. The van der Waals surface area contributed by atoms with Crippen LogP contribution in [0.5, 0.6) is 0 Å². The average Bonchev–Trinajstić information content (AvgIpc) is 3.46. The third-order valence-electron chi connectivity index (χ3n) is 5.84. The van der Waals surface area contributed by atoms with E-state index in [1.807, 2.05) is 60.3 Å². The molecule has 1 aliphatic heterocycles. The molecule has 5 rings (SSSR count). The molecule has 0 fully saturated rings. The molecular weight excluding hydrogens is 400 g/mol. The van der Waals surface area contributed by atoms with Crippen molar-refractivity contribution in [2.45, 2.75) is 39.2 Å². The summed E-state index contributed by atoms with van der Waals surface area (Å²) >= 11 is 0. The minimum atomic E-state index is -0.156. The molecule has 0 saturated heterocycles. The maximum absolute atomic E-state index is 13.0. The van der Waals surface area contributed by atoms with Crippen molar-refractivity contribution in [1.29, 1.82) is 0 Å². The molecule has 0 N–H and O–H groups in total. The molecule has 1 amide bonds. The minimum absolute atomic E-state index is 0.0328. The third kappa shape index (κ3) is 3.45. The highest BCUT2D eigenvalue weighted by Gasteiger charge is 2.34. The second kappa shape index (κ2) is 8.00. The van der Waals surface area contributed by atoms with E-state index < -0.39 is 0 Å². The van der Waals surface area contributed by atoms with Gasteiger partial charge >= 0.3 is 0 Å². The van der Waals surface area contributed by atoms with Gasteiger partial charge in [0.05, 0.1) is 23.8 Å². The van der Waals surface area contributed by atoms with Crippen LogP contribution in [0.1, 0.15) is 49.6 Å². The van der Waals surface area contributed by atoms with Crippen molar-refractivity contribution in [2.24, 2.45) is 0 Å². The van der Waals surface area contributed by atoms with Crippen LogP contribution in [-0.4, -0.2) is 30.6 Å². The normalized spacial score (nSPS) is 14.1. The van der Waals surface area contributed by atoms with Crippen molar-refractivity contribution in [3.05, 3.63) is 84.1 Å². The predicted octanol–water partition coefficient (Wildman–Crippen LogP) is 4.50. The highest BCUT2D eigenvalue weighted by atomic mass is 16.2. The molecule has 1 aromatic carbocycles. The van der Waals surface area contributed by atoms with E-state index >= 15 is 0 Å². The Morgan fingerprint density at radius 2 is 1.78 bits per heavy atom. The second-order valence-electron chi connectivity index (χ2n) is 8.29. The number of pyridine rings is 1. The summed E-state index contributed by atoms with van der Waals surface area (Å²) in [6, 6.07) is 13.7. The van der Waals surface area contributed by atoms with E-state index in [2.05, 4.69) is 28.9 Å². The number of rotatable bonds is 5. The van der Waals surface area contributed by atoms with Gasteiger partial charge in [-0.3, -0.25) is 14.7 Å². The van der Waals surface area contributed by atoms with Crippen LogP contribution in [0.15, 0.2) is 67.3 Å². The molecule has 7 heteroatoms. The van der Waals surface area contributed by atoms with Crippen LogP contribution >= 0.6 is 0 Å². The maximum Gasteiger partial charge on any atom is 0.233 e. The van der Waals surface area contributed by atoms with E-state index in [1.54, 1.807) is 23.5 Å². The van der Waals surface area contributed by atoms with Gasteiger partial charge in [0.1, 0.15) is 5.82 Å². The summed E-state index contributed by atoms with van der Waals surface area (Å²) in [6.45, 7) is 6.23. The monoisotopic (exact) mass is 424 g/mol. The Hall–Kier alpha value is -3.87. The largest absolute Gasteiger partial charge is 0.289 e. The molecule has 0 bridgehead atoms. The molecule has 0 radical (unpaired) electrons. The van der Waals surface area contributed by atoms with Crippen LogP contribution in [0.2, 0.25) is 0 Å². The number of benzene rings is 1. The van der Waals surface area contributed by atoms with Gasteiger partial charge in [0.2, 0.25) is 5.91 Å². The molecule has 0 unspecified atom stereocenters. The van der Waals surface area contributed by atoms with E-state index in [4.69, 9.17) is 4.98 Å². The first kappa shape index (κ1) is 20.1. The molecule has 7 nitrogen and oxygen atoms in total. The predicted molar refractivity (Wildman–Crippen MR) is 123 cm³/mol. The Kier molecular flexibility index (Phi) is 5.01. The Bertz CT molecular complexity index is 1260. The first-order valence-corrected chi connectivity index (χ1v) is 10.8. The van der Waals surface area contributed by atoms with Crippen LogP contribution < -0.4 is 4.90 Å². The van der Waals surface area contributed by atoms with Crippen LogP contribution in [-0.2, 0) is 11.2 Å². The molecule has 0 spiro atoms. The van der Waals surface area contributed by atoms with Crippen LogP contribution in [0.25, 0.3) is 17.1 Å². The lowest BCUT2D eigenvalue weighted by molar-refractivity contribution is -0.117. The van der Waals surface area contributed by atoms with Gasteiger partial charge in [-0.2, -0.15) is 5.10 Å². The molecule has 160 valence electrons. The molecule has 1 atom stereocenters. The molecule has 1 aliphatic rings. The number of carbonyl (C=O) groups excluding carboxylic acids is 1. The molecule has 4 heterocycles. The summed E-state index contributed by atoms with van der Waals surface area (Å²) in [4.78, 5) is 28.7. The van der Waals surface area contributed by atoms with Gasteiger partial charge < -0.3 is 0 Å². The lowest BCUT2D eigenvalue weighted by atomic mass is 10.0. The van der Waals surface area contributed by atoms with Crippen molar-refractivity contribution in [3.8, 4) is 17.1 Å². The van der Waals surface area contributed by atoms with Gasteiger partial charge in [-0.25, -0.2) is 14.6 Å². The molecule has 0 saturated carbocycles. The minimum Gasteiger partial charge on any atom is -0.289 e. The van der Waals surface area contributed by atoms with E-state index in [0.29, 0.717) is 18.1 Å².